The topological polar surface area (TPSA) is 140 Å². The number of rotatable bonds is 7. The molecule has 11 nitrogen and oxygen atoms in total. The monoisotopic (exact) mass is 313 g/mol. The number of sulfonamides is 1. The minimum absolute atomic E-state index is 0.0945. The predicted octanol–water partition coefficient (Wildman–Crippen LogP) is -1.54. The Morgan fingerprint density at radius 3 is 2.57 bits per heavy atom. The summed E-state index contributed by atoms with van der Waals surface area (Å²) in [5.41, 5.74) is 0. The van der Waals surface area contributed by atoms with E-state index in [0.717, 1.165) is 0 Å². The molecule has 0 unspecified atom stereocenters. The van der Waals surface area contributed by atoms with Gasteiger partial charge < -0.3 is 10.6 Å². The SMILES string of the molecule is CNc1nc(NCCS(=O)(=O)NC)nc(-n2cncn2)n1. The van der Waals surface area contributed by atoms with Crippen LogP contribution >= 0.6 is 0 Å². The highest BCUT2D eigenvalue weighted by Crippen LogP contribution is 2.07. The highest BCUT2D eigenvalue weighted by molar-refractivity contribution is 7.89. The second kappa shape index (κ2) is 6.41. The summed E-state index contributed by atoms with van der Waals surface area (Å²) in [5, 5.41) is 9.55. The van der Waals surface area contributed by atoms with Gasteiger partial charge in [-0.05, 0) is 7.05 Å². The second-order valence-electron chi connectivity index (χ2n) is 3.82. The Labute approximate surface area is 121 Å². The van der Waals surface area contributed by atoms with Crippen molar-refractivity contribution < 1.29 is 8.42 Å². The van der Waals surface area contributed by atoms with Crippen LogP contribution in [0.5, 0.6) is 0 Å². The van der Waals surface area contributed by atoms with Crippen molar-refractivity contribution in [2.24, 2.45) is 0 Å². The van der Waals surface area contributed by atoms with Crippen LogP contribution in [0.3, 0.4) is 0 Å². The quantitative estimate of drug-likeness (QED) is 0.554. The molecule has 3 N–H and O–H groups in total. The Morgan fingerprint density at radius 1 is 1.19 bits per heavy atom. The fourth-order valence-electron chi connectivity index (χ4n) is 1.37. The highest BCUT2D eigenvalue weighted by Gasteiger charge is 2.10. The summed E-state index contributed by atoms with van der Waals surface area (Å²) >= 11 is 0. The summed E-state index contributed by atoms with van der Waals surface area (Å²) in [6, 6.07) is 0. The molecule has 0 atom stereocenters. The van der Waals surface area contributed by atoms with Crippen LogP contribution in [-0.4, -0.2) is 64.5 Å². The van der Waals surface area contributed by atoms with Crippen LogP contribution in [0.1, 0.15) is 0 Å². The summed E-state index contributed by atoms with van der Waals surface area (Å²) in [6.45, 7) is 0.160. The van der Waals surface area contributed by atoms with E-state index in [9.17, 15) is 8.42 Å². The second-order valence-corrected chi connectivity index (χ2v) is 5.87. The molecule has 0 amide bonds. The number of hydrogen-bond acceptors (Lipinski definition) is 9. The minimum Gasteiger partial charge on any atom is -0.357 e. The Balaban J connectivity index is 2.14. The van der Waals surface area contributed by atoms with Gasteiger partial charge in [-0.3, -0.25) is 0 Å². The van der Waals surface area contributed by atoms with Crippen molar-refractivity contribution in [1.29, 1.82) is 0 Å². The van der Waals surface area contributed by atoms with Gasteiger partial charge in [0.1, 0.15) is 12.7 Å². The first-order chi connectivity index (χ1) is 10.0. The Kier molecular flexibility index (Phi) is 4.59. The molecule has 0 saturated carbocycles. The van der Waals surface area contributed by atoms with Crippen molar-refractivity contribution in [2.45, 2.75) is 0 Å². The van der Waals surface area contributed by atoms with Gasteiger partial charge in [0.05, 0.1) is 5.75 Å². The Morgan fingerprint density at radius 2 is 1.95 bits per heavy atom. The van der Waals surface area contributed by atoms with Gasteiger partial charge in [0, 0.05) is 13.6 Å². The molecule has 2 heterocycles. The van der Waals surface area contributed by atoms with Gasteiger partial charge in [-0.2, -0.15) is 24.7 Å². The number of hydrogen-bond donors (Lipinski definition) is 3. The first-order valence-electron chi connectivity index (χ1n) is 5.98. The summed E-state index contributed by atoms with van der Waals surface area (Å²) in [6.07, 6.45) is 2.81. The molecule has 0 radical (unpaired) electrons. The van der Waals surface area contributed by atoms with Crippen molar-refractivity contribution in [1.82, 2.24) is 34.4 Å². The molecule has 0 fully saturated rings. The fourth-order valence-corrected chi connectivity index (χ4v) is 1.94. The molecule has 0 spiro atoms. The molecule has 0 aliphatic carbocycles. The van der Waals surface area contributed by atoms with Crippen molar-refractivity contribution in [3.8, 4) is 5.95 Å². The van der Waals surface area contributed by atoms with E-state index in [1.807, 2.05) is 0 Å². The minimum atomic E-state index is -3.29. The molecule has 0 saturated heterocycles. The maximum Gasteiger partial charge on any atom is 0.258 e. The lowest BCUT2D eigenvalue weighted by Gasteiger charge is -2.08. The summed E-state index contributed by atoms with van der Waals surface area (Å²) in [4.78, 5) is 16.2. The number of anilines is 2. The summed E-state index contributed by atoms with van der Waals surface area (Å²) < 4.78 is 26.3. The van der Waals surface area contributed by atoms with Crippen molar-refractivity contribution in [2.75, 3.05) is 37.0 Å². The van der Waals surface area contributed by atoms with Crippen LogP contribution in [0, 0.1) is 0 Å². The third-order valence-electron chi connectivity index (χ3n) is 2.44. The van der Waals surface area contributed by atoms with Crippen LogP contribution in [0.2, 0.25) is 0 Å². The standard InChI is InChI=1S/C9H15N9O2S/c1-10-7-15-8(13-3-4-21(19,20)11-2)17-9(16-7)18-6-12-5-14-18/h5-6,11H,3-4H2,1-2H3,(H2,10,13,15,16,17). The molecular formula is C9H15N9O2S. The molecule has 0 bridgehead atoms. The average Bonchev–Trinajstić information content (AvgIpc) is 3.01. The average molecular weight is 313 g/mol. The van der Waals surface area contributed by atoms with E-state index in [0.29, 0.717) is 5.95 Å². The van der Waals surface area contributed by atoms with Crippen LogP contribution < -0.4 is 15.4 Å². The van der Waals surface area contributed by atoms with Crippen molar-refractivity contribution in [3.05, 3.63) is 12.7 Å². The highest BCUT2D eigenvalue weighted by atomic mass is 32.2. The van der Waals surface area contributed by atoms with Gasteiger partial charge in [-0.25, -0.2) is 18.1 Å². The van der Waals surface area contributed by atoms with Crippen LogP contribution in [-0.2, 0) is 10.0 Å². The zero-order valence-electron chi connectivity index (χ0n) is 11.5. The number of nitrogens with zero attached hydrogens (tertiary/aromatic N) is 6. The van der Waals surface area contributed by atoms with E-state index in [1.54, 1.807) is 7.05 Å². The van der Waals surface area contributed by atoms with Gasteiger partial charge in [-0.1, -0.05) is 0 Å². The van der Waals surface area contributed by atoms with E-state index in [1.165, 1.54) is 24.4 Å². The lowest BCUT2D eigenvalue weighted by atomic mass is 10.7. The molecule has 114 valence electrons. The van der Waals surface area contributed by atoms with Gasteiger partial charge in [0.15, 0.2) is 0 Å². The van der Waals surface area contributed by atoms with Crippen LogP contribution in [0.15, 0.2) is 12.7 Å². The smallest absolute Gasteiger partial charge is 0.258 e. The third-order valence-corrected chi connectivity index (χ3v) is 3.80. The summed E-state index contributed by atoms with van der Waals surface area (Å²) in [5.74, 6) is 0.745. The Hall–Kier alpha value is -2.34. The normalized spacial score (nSPS) is 11.3. The van der Waals surface area contributed by atoms with Crippen molar-refractivity contribution in [3.63, 3.8) is 0 Å². The molecule has 2 aromatic rings. The zero-order chi connectivity index (χ0) is 15.3. The first-order valence-corrected chi connectivity index (χ1v) is 7.63. The van der Waals surface area contributed by atoms with Gasteiger partial charge in [-0.15, -0.1) is 0 Å². The van der Waals surface area contributed by atoms with E-state index in [2.05, 4.69) is 40.4 Å². The zero-order valence-corrected chi connectivity index (χ0v) is 12.3. The predicted molar refractivity (Wildman–Crippen MR) is 75.6 cm³/mol. The van der Waals surface area contributed by atoms with E-state index < -0.39 is 10.0 Å². The largest absolute Gasteiger partial charge is 0.357 e. The first kappa shape index (κ1) is 15.1. The van der Waals surface area contributed by atoms with E-state index in [-0.39, 0.29) is 24.2 Å². The van der Waals surface area contributed by atoms with E-state index in [4.69, 9.17) is 0 Å². The van der Waals surface area contributed by atoms with Crippen LogP contribution in [0.4, 0.5) is 11.9 Å². The third kappa shape index (κ3) is 4.06. The van der Waals surface area contributed by atoms with Gasteiger partial charge in [0.2, 0.25) is 21.9 Å². The Bertz CT molecular complexity index is 685. The molecule has 2 rings (SSSR count). The maximum atomic E-state index is 11.3. The molecule has 21 heavy (non-hydrogen) atoms. The van der Waals surface area contributed by atoms with Gasteiger partial charge in [0.25, 0.3) is 5.95 Å². The lowest BCUT2D eigenvalue weighted by molar-refractivity contribution is 0.588. The number of aromatic nitrogens is 6. The molecule has 0 aliphatic heterocycles. The fraction of sp³-hybridized carbons (Fsp3) is 0.444. The van der Waals surface area contributed by atoms with E-state index >= 15 is 0 Å². The maximum absolute atomic E-state index is 11.3. The summed E-state index contributed by atoms with van der Waals surface area (Å²) in [7, 11) is -0.262. The lowest BCUT2D eigenvalue weighted by Crippen LogP contribution is -2.26. The number of nitrogens with one attached hydrogen (secondary N) is 3. The molecule has 0 aliphatic rings. The van der Waals surface area contributed by atoms with Crippen LogP contribution in [0.25, 0.3) is 5.95 Å². The molecule has 0 aromatic carbocycles. The van der Waals surface area contributed by atoms with Crippen molar-refractivity contribution >= 4 is 21.9 Å². The molecule has 2 aromatic heterocycles. The molecular weight excluding hydrogens is 298 g/mol. The van der Waals surface area contributed by atoms with Gasteiger partial charge >= 0.3 is 0 Å². The molecule has 12 heteroatoms.